The highest BCUT2D eigenvalue weighted by Crippen LogP contribution is 2.25. The summed E-state index contributed by atoms with van der Waals surface area (Å²) in [5.74, 6) is 0.324. The van der Waals surface area contributed by atoms with Gasteiger partial charge in [-0.1, -0.05) is 11.6 Å². The third-order valence-corrected chi connectivity index (χ3v) is 5.61. The van der Waals surface area contributed by atoms with Gasteiger partial charge in [0.05, 0.1) is 4.70 Å². The number of ether oxygens (including phenoxy) is 1. The van der Waals surface area contributed by atoms with Crippen molar-refractivity contribution in [3.05, 3.63) is 47.8 Å². The summed E-state index contributed by atoms with van der Waals surface area (Å²) in [5, 5.41) is 3.80. The zero-order valence-corrected chi connectivity index (χ0v) is 16.3. The number of aryl methyl sites for hydroxylation is 1. The average molecular weight is 382 g/mol. The molecular formula is C20H22N4O2S. The van der Waals surface area contributed by atoms with Crippen LogP contribution in [0.3, 0.4) is 0 Å². The maximum Gasteiger partial charge on any atom is 0.276 e. The zero-order chi connectivity index (χ0) is 18.8. The minimum atomic E-state index is -0.219. The van der Waals surface area contributed by atoms with E-state index < -0.39 is 0 Å². The van der Waals surface area contributed by atoms with Crippen LogP contribution >= 0.6 is 11.5 Å². The molecular weight excluding hydrogens is 360 g/mol. The van der Waals surface area contributed by atoms with Crippen molar-refractivity contribution in [2.24, 2.45) is 0 Å². The number of hydrogen-bond acceptors (Lipinski definition) is 6. The number of pyridine rings is 1. The summed E-state index contributed by atoms with van der Waals surface area (Å²) in [6.07, 6.45) is 3.80. The third-order valence-electron chi connectivity index (χ3n) is 4.79. The Labute approximate surface area is 162 Å². The van der Waals surface area contributed by atoms with Gasteiger partial charge in [-0.2, -0.15) is 4.37 Å². The molecule has 4 rings (SSSR count). The number of fused-ring (bicyclic) bond motifs is 1. The van der Waals surface area contributed by atoms with Crippen LogP contribution in [0.15, 0.2) is 36.5 Å². The molecule has 1 amide bonds. The quantitative estimate of drug-likeness (QED) is 0.745. The van der Waals surface area contributed by atoms with Crippen molar-refractivity contribution in [2.45, 2.75) is 25.9 Å². The number of benzene rings is 1. The summed E-state index contributed by atoms with van der Waals surface area (Å²) >= 11 is 1.34. The predicted molar refractivity (Wildman–Crippen MR) is 108 cm³/mol. The van der Waals surface area contributed by atoms with Gasteiger partial charge in [-0.25, -0.2) is 4.98 Å². The number of amides is 1. The molecule has 3 aromatic rings. The molecule has 0 saturated carbocycles. The van der Waals surface area contributed by atoms with Crippen molar-refractivity contribution in [3.8, 4) is 5.88 Å². The van der Waals surface area contributed by atoms with Gasteiger partial charge in [-0.05, 0) is 56.5 Å². The minimum absolute atomic E-state index is 0.171. The predicted octanol–water partition coefficient (Wildman–Crippen LogP) is 3.73. The van der Waals surface area contributed by atoms with E-state index in [9.17, 15) is 4.79 Å². The lowest BCUT2D eigenvalue weighted by molar-refractivity contribution is 0.102. The highest BCUT2D eigenvalue weighted by Gasteiger charge is 2.19. The van der Waals surface area contributed by atoms with Crippen LogP contribution in [0, 0.1) is 6.92 Å². The van der Waals surface area contributed by atoms with E-state index in [2.05, 4.69) is 26.6 Å². The molecule has 6 nitrogen and oxygen atoms in total. The van der Waals surface area contributed by atoms with E-state index in [1.165, 1.54) is 11.5 Å². The highest BCUT2D eigenvalue weighted by atomic mass is 32.1. The fraction of sp³-hybridized carbons (Fsp3) is 0.350. The van der Waals surface area contributed by atoms with Gasteiger partial charge >= 0.3 is 0 Å². The van der Waals surface area contributed by atoms with Crippen LogP contribution in [0.4, 0.5) is 5.69 Å². The number of aromatic nitrogens is 2. The van der Waals surface area contributed by atoms with E-state index in [1.54, 1.807) is 18.3 Å². The van der Waals surface area contributed by atoms with Gasteiger partial charge in [0.1, 0.15) is 11.8 Å². The highest BCUT2D eigenvalue weighted by molar-refractivity contribution is 7.13. The third kappa shape index (κ3) is 4.09. The van der Waals surface area contributed by atoms with Gasteiger partial charge in [0.2, 0.25) is 5.88 Å². The second-order valence-corrected chi connectivity index (χ2v) is 7.79. The number of rotatable bonds is 4. The molecule has 0 unspecified atom stereocenters. The normalized spacial score (nSPS) is 15.8. The molecule has 140 valence electrons. The lowest BCUT2D eigenvalue weighted by atomic mass is 10.1. The summed E-state index contributed by atoms with van der Waals surface area (Å²) in [5.41, 5.74) is 2.22. The number of carbonyl (C=O) groups is 1. The first kappa shape index (κ1) is 17.9. The molecule has 1 fully saturated rings. The van der Waals surface area contributed by atoms with Crippen molar-refractivity contribution in [1.29, 1.82) is 0 Å². The van der Waals surface area contributed by atoms with Crippen LogP contribution in [-0.4, -0.2) is 46.4 Å². The molecule has 1 N–H and O–H groups in total. The Kier molecular flexibility index (Phi) is 5.05. The van der Waals surface area contributed by atoms with E-state index in [1.807, 2.05) is 25.1 Å². The summed E-state index contributed by atoms with van der Waals surface area (Å²) in [4.78, 5) is 19.3. The lowest BCUT2D eigenvalue weighted by Crippen LogP contribution is -2.35. The summed E-state index contributed by atoms with van der Waals surface area (Å²) in [7, 11) is 2.12. The lowest BCUT2D eigenvalue weighted by Gasteiger charge is -2.28. The Morgan fingerprint density at radius 2 is 2.07 bits per heavy atom. The first-order valence-electron chi connectivity index (χ1n) is 9.07. The Bertz CT molecular complexity index is 964. The number of carbonyl (C=O) groups excluding carboxylic acids is 1. The standard InChI is InChI=1S/C20H22N4O2S/c1-13-3-4-17-16(11-13)19(23-27-17)20(25)22-14-5-8-21-18(12-14)26-15-6-9-24(2)10-7-15/h3-5,8,11-12,15H,6-7,9-10H2,1-2H3,(H,21,22,25). The summed E-state index contributed by atoms with van der Waals surface area (Å²) in [6.45, 7) is 4.06. The molecule has 0 aliphatic carbocycles. The largest absolute Gasteiger partial charge is 0.474 e. The number of likely N-dealkylation sites (tertiary alicyclic amines) is 1. The van der Waals surface area contributed by atoms with Crippen LogP contribution in [0.5, 0.6) is 5.88 Å². The first-order valence-corrected chi connectivity index (χ1v) is 9.84. The van der Waals surface area contributed by atoms with Crippen LogP contribution < -0.4 is 10.1 Å². The molecule has 27 heavy (non-hydrogen) atoms. The van der Waals surface area contributed by atoms with Crippen LogP contribution in [-0.2, 0) is 0 Å². The smallest absolute Gasteiger partial charge is 0.276 e. The molecule has 0 atom stereocenters. The molecule has 1 aliphatic heterocycles. The molecule has 0 radical (unpaired) electrons. The topological polar surface area (TPSA) is 67.3 Å². The van der Waals surface area contributed by atoms with E-state index >= 15 is 0 Å². The molecule has 1 aromatic carbocycles. The first-order chi connectivity index (χ1) is 13.1. The van der Waals surface area contributed by atoms with Gasteiger partial charge in [-0.15, -0.1) is 0 Å². The molecule has 1 saturated heterocycles. The Morgan fingerprint density at radius 3 is 2.89 bits per heavy atom. The second kappa shape index (κ2) is 7.62. The molecule has 7 heteroatoms. The Balaban J connectivity index is 1.47. The van der Waals surface area contributed by atoms with E-state index in [0.717, 1.165) is 41.6 Å². The maximum absolute atomic E-state index is 12.7. The van der Waals surface area contributed by atoms with Crippen LogP contribution in [0.25, 0.3) is 10.1 Å². The fourth-order valence-corrected chi connectivity index (χ4v) is 3.99. The number of hydrogen-bond donors (Lipinski definition) is 1. The minimum Gasteiger partial charge on any atom is -0.474 e. The van der Waals surface area contributed by atoms with Gasteiger partial charge in [0, 0.05) is 36.4 Å². The second-order valence-electron chi connectivity index (χ2n) is 6.99. The molecule has 0 bridgehead atoms. The Hall–Kier alpha value is -2.51. The summed E-state index contributed by atoms with van der Waals surface area (Å²) in [6, 6.07) is 9.56. The monoisotopic (exact) mass is 382 g/mol. The van der Waals surface area contributed by atoms with Crippen molar-refractivity contribution < 1.29 is 9.53 Å². The van der Waals surface area contributed by atoms with E-state index in [4.69, 9.17) is 4.74 Å². The van der Waals surface area contributed by atoms with E-state index in [-0.39, 0.29) is 12.0 Å². The molecule has 1 aliphatic rings. The van der Waals surface area contributed by atoms with E-state index in [0.29, 0.717) is 17.3 Å². The number of anilines is 1. The van der Waals surface area contributed by atoms with Gasteiger partial charge in [0.15, 0.2) is 0 Å². The molecule has 2 aromatic heterocycles. The van der Waals surface area contributed by atoms with Crippen molar-refractivity contribution in [1.82, 2.24) is 14.3 Å². The maximum atomic E-state index is 12.7. The Morgan fingerprint density at radius 1 is 1.26 bits per heavy atom. The average Bonchev–Trinajstić information content (AvgIpc) is 3.07. The molecule has 3 heterocycles. The summed E-state index contributed by atoms with van der Waals surface area (Å²) < 4.78 is 11.3. The zero-order valence-electron chi connectivity index (χ0n) is 15.4. The number of nitrogens with zero attached hydrogens (tertiary/aromatic N) is 3. The van der Waals surface area contributed by atoms with Crippen molar-refractivity contribution in [3.63, 3.8) is 0 Å². The van der Waals surface area contributed by atoms with Crippen LogP contribution in [0.2, 0.25) is 0 Å². The molecule has 0 spiro atoms. The van der Waals surface area contributed by atoms with Gasteiger partial charge in [0.25, 0.3) is 5.91 Å². The van der Waals surface area contributed by atoms with Gasteiger partial charge in [-0.3, -0.25) is 4.79 Å². The fourth-order valence-electron chi connectivity index (χ4n) is 3.23. The van der Waals surface area contributed by atoms with Crippen molar-refractivity contribution in [2.75, 3.05) is 25.5 Å². The van der Waals surface area contributed by atoms with Crippen molar-refractivity contribution >= 4 is 33.2 Å². The number of nitrogens with one attached hydrogen (secondary N) is 1. The van der Waals surface area contributed by atoms with Crippen LogP contribution in [0.1, 0.15) is 28.9 Å². The van der Waals surface area contributed by atoms with Gasteiger partial charge < -0.3 is 15.0 Å². The SMILES string of the molecule is Cc1ccc2snc(C(=O)Nc3ccnc(OC4CCN(C)CC4)c3)c2c1. The number of piperidine rings is 1.